The van der Waals surface area contributed by atoms with E-state index in [-0.39, 0.29) is 17.9 Å². The van der Waals surface area contributed by atoms with Gasteiger partial charge in [-0.25, -0.2) is 9.37 Å². The molecule has 1 aliphatic heterocycles. The van der Waals surface area contributed by atoms with Crippen molar-refractivity contribution in [2.75, 3.05) is 13.7 Å². The molecule has 2 aromatic heterocycles. The molecule has 0 saturated carbocycles. The second-order valence-corrected chi connectivity index (χ2v) is 7.64. The first-order valence-corrected chi connectivity index (χ1v) is 9.71. The van der Waals surface area contributed by atoms with Gasteiger partial charge in [0.1, 0.15) is 5.52 Å². The first kappa shape index (κ1) is 24.4. The van der Waals surface area contributed by atoms with E-state index in [4.69, 9.17) is 15.2 Å². The summed E-state index contributed by atoms with van der Waals surface area (Å²) in [6, 6.07) is 2.12. The third-order valence-electron chi connectivity index (χ3n) is 5.88. The second kappa shape index (κ2) is 8.93. The molecule has 2 unspecified atom stereocenters. The number of nitrogens with one attached hydrogen (secondary N) is 1. The van der Waals surface area contributed by atoms with E-state index < -0.39 is 41.2 Å². The molecule has 3 atom stereocenters. The summed E-state index contributed by atoms with van der Waals surface area (Å²) < 4.78 is 76.0. The SMILES string of the molecule is COc1c(C2CO[C@@](C)(C(F)(F)F)C2C)ccc(F)c1F.NC(=O)c1cncc2[nH]cnc12. The summed E-state index contributed by atoms with van der Waals surface area (Å²) in [5.41, 5.74) is 4.58. The zero-order valence-corrected chi connectivity index (χ0v) is 17.8. The third-order valence-corrected chi connectivity index (χ3v) is 5.88. The van der Waals surface area contributed by atoms with Crippen molar-refractivity contribution in [2.24, 2.45) is 11.7 Å². The Morgan fingerprint density at radius 2 is 2.00 bits per heavy atom. The van der Waals surface area contributed by atoms with Crippen LogP contribution in [0.3, 0.4) is 0 Å². The number of carbonyl (C=O) groups is 1. The van der Waals surface area contributed by atoms with E-state index in [2.05, 4.69) is 15.0 Å². The number of fused-ring (bicyclic) bond motifs is 1. The topological polar surface area (TPSA) is 103 Å². The Morgan fingerprint density at radius 3 is 2.58 bits per heavy atom. The highest BCUT2D eigenvalue weighted by atomic mass is 19.4. The molecule has 1 saturated heterocycles. The van der Waals surface area contributed by atoms with Crippen LogP contribution in [-0.2, 0) is 4.74 Å². The minimum Gasteiger partial charge on any atom is -0.493 e. The number of aromatic amines is 1. The van der Waals surface area contributed by atoms with Gasteiger partial charge in [-0.05, 0) is 13.0 Å². The molecule has 0 bridgehead atoms. The van der Waals surface area contributed by atoms with Crippen LogP contribution in [0.5, 0.6) is 5.75 Å². The van der Waals surface area contributed by atoms with Crippen LogP contribution in [0.15, 0.2) is 30.9 Å². The number of hydrogen-bond donors (Lipinski definition) is 2. The highest BCUT2D eigenvalue weighted by Gasteiger charge is 2.61. The molecule has 0 radical (unpaired) electrons. The number of primary amides is 1. The fourth-order valence-corrected chi connectivity index (χ4v) is 3.71. The smallest absolute Gasteiger partial charge is 0.417 e. The van der Waals surface area contributed by atoms with Crippen molar-refractivity contribution < 1.29 is 36.2 Å². The molecule has 1 aliphatic rings. The van der Waals surface area contributed by atoms with Crippen LogP contribution < -0.4 is 10.5 Å². The van der Waals surface area contributed by atoms with Crippen molar-refractivity contribution in [3.05, 3.63) is 53.6 Å². The number of methoxy groups -OCH3 is 1. The van der Waals surface area contributed by atoms with Crippen LogP contribution in [0.4, 0.5) is 22.0 Å². The van der Waals surface area contributed by atoms with Gasteiger partial charge in [0.2, 0.25) is 5.82 Å². The van der Waals surface area contributed by atoms with E-state index in [0.29, 0.717) is 16.6 Å². The Labute approximate surface area is 185 Å². The molecule has 1 aromatic carbocycles. The molecule has 12 heteroatoms. The predicted octanol–water partition coefficient (Wildman–Crippen LogP) is 4.10. The van der Waals surface area contributed by atoms with Gasteiger partial charge in [-0.3, -0.25) is 9.78 Å². The van der Waals surface area contributed by atoms with Gasteiger partial charge in [0, 0.05) is 23.6 Å². The highest BCUT2D eigenvalue weighted by molar-refractivity contribution is 6.03. The molecule has 3 heterocycles. The number of halogens is 5. The zero-order chi connectivity index (χ0) is 24.6. The number of benzene rings is 1. The lowest BCUT2D eigenvalue weighted by atomic mass is 9.79. The molecule has 3 N–H and O–H groups in total. The lowest BCUT2D eigenvalue weighted by Gasteiger charge is -2.32. The maximum absolute atomic E-state index is 13.7. The number of carbonyl (C=O) groups excluding carboxylic acids is 1. The molecule has 7 nitrogen and oxygen atoms in total. The standard InChI is InChI=1S/C14H15F5O2.C7H6N4O/c1-7-9(6-21-13(7,2)14(17,18)19)8-4-5-10(15)11(16)12(8)20-3;8-7(12)4-1-9-2-5-6(4)11-3-10-5/h4-5,7,9H,6H2,1-3H3;1-3H,(H2,8,12)(H,10,11)/t7?,9?,13-;/m1./s1. The molecule has 178 valence electrons. The van der Waals surface area contributed by atoms with E-state index in [1.165, 1.54) is 25.5 Å². The molecular formula is C21H21F5N4O3. The van der Waals surface area contributed by atoms with Crippen molar-refractivity contribution in [3.8, 4) is 5.75 Å². The maximum Gasteiger partial charge on any atom is 0.417 e. The monoisotopic (exact) mass is 472 g/mol. The summed E-state index contributed by atoms with van der Waals surface area (Å²) in [6.07, 6.45) is -0.0496. The fourth-order valence-electron chi connectivity index (χ4n) is 3.71. The summed E-state index contributed by atoms with van der Waals surface area (Å²) in [7, 11) is 1.14. The minimum absolute atomic E-state index is 0.178. The maximum atomic E-state index is 13.7. The number of aromatic nitrogens is 3. The average Bonchev–Trinajstić information content (AvgIpc) is 3.35. The number of nitrogens with two attached hydrogens (primary N) is 1. The Kier molecular flexibility index (Phi) is 6.59. The third kappa shape index (κ3) is 4.34. The normalized spacial score (nSPS) is 22.7. The average molecular weight is 472 g/mol. The minimum atomic E-state index is -4.55. The Balaban J connectivity index is 0.000000215. The van der Waals surface area contributed by atoms with E-state index in [1.54, 1.807) is 6.20 Å². The molecule has 33 heavy (non-hydrogen) atoms. The van der Waals surface area contributed by atoms with Crippen molar-refractivity contribution in [1.82, 2.24) is 15.0 Å². The Hall–Kier alpha value is -3.28. The fraction of sp³-hybridized carbons (Fsp3) is 0.381. The summed E-state index contributed by atoms with van der Waals surface area (Å²) in [4.78, 5) is 21.5. The molecule has 0 aliphatic carbocycles. The molecule has 1 fully saturated rings. The van der Waals surface area contributed by atoms with E-state index in [0.717, 1.165) is 20.1 Å². The number of imidazole rings is 1. The number of nitrogens with zero attached hydrogens (tertiary/aromatic N) is 2. The quantitative estimate of drug-likeness (QED) is 0.559. The van der Waals surface area contributed by atoms with Gasteiger partial charge in [-0.1, -0.05) is 13.0 Å². The lowest BCUT2D eigenvalue weighted by Crippen LogP contribution is -2.46. The summed E-state index contributed by atoms with van der Waals surface area (Å²) in [5.74, 6) is -4.90. The van der Waals surface area contributed by atoms with Gasteiger partial charge >= 0.3 is 6.18 Å². The largest absolute Gasteiger partial charge is 0.493 e. The van der Waals surface area contributed by atoms with Gasteiger partial charge in [0.05, 0.1) is 37.3 Å². The van der Waals surface area contributed by atoms with Crippen LogP contribution in [0.25, 0.3) is 11.0 Å². The van der Waals surface area contributed by atoms with Crippen molar-refractivity contribution in [3.63, 3.8) is 0 Å². The highest BCUT2D eigenvalue weighted by Crippen LogP contribution is 2.51. The first-order chi connectivity index (χ1) is 15.4. The van der Waals surface area contributed by atoms with Crippen molar-refractivity contribution in [1.29, 1.82) is 0 Å². The number of H-pyrrole nitrogens is 1. The second-order valence-electron chi connectivity index (χ2n) is 7.64. The predicted molar refractivity (Wildman–Crippen MR) is 108 cm³/mol. The van der Waals surface area contributed by atoms with Gasteiger partial charge in [0.15, 0.2) is 17.2 Å². The number of ether oxygens (including phenoxy) is 2. The Morgan fingerprint density at radius 1 is 1.30 bits per heavy atom. The summed E-state index contributed by atoms with van der Waals surface area (Å²) in [5, 5.41) is 0. The Bertz CT molecular complexity index is 1170. The van der Waals surface area contributed by atoms with Gasteiger partial charge in [-0.2, -0.15) is 17.6 Å². The molecule has 3 aromatic rings. The molecule has 1 amide bonds. The van der Waals surface area contributed by atoms with Crippen LogP contribution in [0, 0.1) is 17.6 Å². The van der Waals surface area contributed by atoms with Crippen LogP contribution in [-0.4, -0.2) is 46.4 Å². The number of rotatable bonds is 3. The van der Waals surface area contributed by atoms with Gasteiger partial charge in [0.25, 0.3) is 5.91 Å². The van der Waals surface area contributed by atoms with Crippen LogP contribution in [0.1, 0.15) is 35.7 Å². The summed E-state index contributed by atoms with van der Waals surface area (Å²) >= 11 is 0. The summed E-state index contributed by atoms with van der Waals surface area (Å²) in [6.45, 7) is 2.11. The molecular weight excluding hydrogens is 451 g/mol. The van der Waals surface area contributed by atoms with Crippen molar-refractivity contribution >= 4 is 16.9 Å². The van der Waals surface area contributed by atoms with Crippen LogP contribution >= 0.6 is 0 Å². The number of pyridine rings is 1. The van der Waals surface area contributed by atoms with E-state index in [9.17, 15) is 26.7 Å². The number of hydrogen-bond acceptors (Lipinski definition) is 5. The van der Waals surface area contributed by atoms with E-state index >= 15 is 0 Å². The number of alkyl halides is 3. The zero-order valence-electron chi connectivity index (χ0n) is 17.8. The first-order valence-electron chi connectivity index (χ1n) is 9.71. The molecule has 0 spiro atoms. The molecule has 4 rings (SSSR count). The van der Waals surface area contributed by atoms with Gasteiger partial charge in [-0.15, -0.1) is 0 Å². The van der Waals surface area contributed by atoms with Crippen LogP contribution in [0.2, 0.25) is 0 Å². The van der Waals surface area contributed by atoms with E-state index in [1.807, 2.05) is 0 Å². The lowest BCUT2D eigenvalue weighted by molar-refractivity contribution is -0.266. The number of amides is 1. The van der Waals surface area contributed by atoms with Crippen molar-refractivity contribution in [2.45, 2.75) is 31.5 Å². The van der Waals surface area contributed by atoms with Gasteiger partial charge < -0.3 is 20.2 Å².